The van der Waals surface area contributed by atoms with Crippen molar-refractivity contribution in [3.63, 3.8) is 0 Å². The number of nitrogens with one attached hydrogen (secondary N) is 1. The molecule has 1 heterocycles. The van der Waals surface area contributed by atoms with Gasteiger partial charge in [0.25, 0.3) is 0 Å². The highest BCUT2D eigenvalue weighted by molar-refractivity contribution is 7.92. The SMILES string of the molecule is Cc1ccc(N(CC(=O)NC2CCN(C)CC2)S(C)(=O)=O)c(C)c1. The third-order valence-electron chi connectivity index (χ3n) is 4.39. The topological polar surface area (TPSA) is 69.7 Å². The van der Waals surface area contributed by atoms with Gasteiger partial charge in [-0.15, -0.1) is 0 Å². The molecule has 0 spiro atoms. The third kappa shape index (κ3) is 4.95. The van der Waals surface area contributed by atoms with Gasteiger partial charge in [0.2, 0.25) is 15.9 Å². The van der Waals surface area contributed by atoms with Crippen LogP contribution in [0.2, 0.25) is 0 Å². The molecule has 1 saturated heterocycles. The Kier molecular flexibility index (Phi) is 5.87. The van der Waals surface area contributed by atoms with Crippen LogP contribution in [0.3, 0.4) is 0 Å². The minimum absolute atomic E-state index is 0.120. The molecule has 1 N–H and O–H groups in total. The minimum Gasteiger partial charge on any atom is -0.352 e. The number of rotatable bonds is 5. The van der Waals surface area contributed by atoms with Crippen molar-refractivity contribution in [3.05, 3.63) is 29.3 Å². The molecule has 6 nitrogen and oxygen atoms in total. The first-order chi connectivity index (χ1) is 11.2. The molecule has 0 aliphatic carbocycles. The van der Waals surface area contributed by atoms with Crippen LogP contribution in [-0.2, 0) is 14.8 Å². The molecule has 0 saturated carbocycles. The van der Waals surface area contributed by atoms with Crippen LogP contribution in [0.15, 0.2) is 18.2 Å². The van der Waals surface area contributed by atoms with Gasteiger partial charge in [-0.05, 0) is 58.5 Å². The van der Waals surface area contributed by atoms with Crippen LogP contribution in [0, 0.1) is 13.8 Å². The predicted octanol–water partition coefficient (Wildman–Crippen LogP) is 1.28. The standard InChI is InChI=1S/C17H27N3O3S/c1-13-5-6-16(14(2)11-13)20(24(4,22)23)12-17(21)18-15-7-9-19(3)10-8-15/h5-6,11,15H,7-10,12H2,1-4H3,(H,18,21). The van der Waals surface area contributed by atoms with E-state index >= 15 is 0 Å². The Morgan fingerprint density at radius 1 is 1.29 bits per heavy atom. The molecule has 1 fully saturated rings. The number of aryl methyl sites for hydroxylation is 2. The number of hydrogen-bond donors (Lipinski definition) is 1. The van der Waals surface area contributed by atoms with Crippen molar-refractivity contribution in [1.29, 1.82) is 0 Å². The molecule has 1 aromatic rings. The van der Waals surface area contributed by atoms with E-state index in [0.29, 0.717) is 5.69 Å². The number of likely N-dealkylation sites (tertiary alicyclic amines) is 1. The van der Waals surface area contributed by atoms with E-state index in [2.05, 4.69) is 17.3 Å². The number of hydrogen-bond acceptors (Lipinski definition) is 4. The molecule has 7 heteroatoms. The molecule has 24 heavy (non-hydrogen) atoms. The molecule has 0 atom stereocenters. The summed E-state index contributed by atoms with van der Waals surface area (Å²) in [4.78, 5) is 14.6. The zero-order chi connectivity index (χ0) is 17.9. The lowest BCUT2D eigenvalue weighted by molar-refractivity contribution is -0.120. The van der Waals surface area contributed by atoms with Gasteiger partial charge in [-0.3, -0.25) is 9.10 Å². The molecule has 1 aliphatic rings. The highest BCUT2D eigenvalue weighted by atomic mass is 32.2. The number of nitrogens with zero attached hydrogens (tertiary/aromatic N) is 2. The van der Waals surface area contributed by atoms with Gasteiger partial charge in [-0.1, -0.05) is 17.7 Å². The minimum atomic E-state index is -3.53. The van der Waals surface area contributed by atoms with Gasteiger partial charge in [-0.2, -0.15) is 0 Å². The smallest absolute Gasteiger partial charge is 0.240 e. The Bertz CT molecular complexity index is 695. The maximum absolute atomic E-state index is 12.4. The van der Waals surface area contributed by atoms with Gasteiger partial charge in [-0.25, -0.2) is 8.42 Å². The lowest BCUT2D eigenvalue weighted by Crippen LogP contribution is -2.47. The van der Waals surface area contributed by atoms with Crippen molar-refractivity contribution in [2.75, 3.05) is 37.2 Å². The van der Waals surface area contributed by atoms with E-state index in [-0.39, 0.29) is 18.5 Å². The summed E-state index contributed by atoms with van der Waals surface area (Å²) in [6.45, 7) is 5.51. The van der Waals surface area contributed by atoms with Crippen LogP contribution < -0.4 is 9.62 Å². The second-order valence-electron chi connectivity index (χ2n) is 6.70. The van der Waals surface area contributed by atoms with E-state index in [1.165, 1.54) is 4.31 Å². The average molecular weight is 353 g/mol. The first-order valence-corrected chi connectivity index (χ1v) is 10.0. The van der Waals surface area contributed by atoms with E-state index in [4.69, 9.17) is 0 Å². The number of piperidine rings is 1. The summed E-state index contributed by atoms with van der Waals surface area (Å²) in [5, 5.41) is 2.97. The summed E-state index contributed by atoms with van der Waals surface area (Å²) >= 11 is 0. The van der Waals surface area contributed by atoms with Crippen molar-refractivity contribution in [2.45, 2.75) is 32.7 Å². The first-order valence-electron chi connectivity index (χ1n) is 8.19. The quantitative estimate of drug-likeness (QED) is 0.866. The van der Waals surface area contributed by atoms with Crippen LogP contribution in [0.4, 0.5) is 5.69 Å². The molecule has 0 bridgehead atoms. The average Bonchev–Trinajstić information content (AvgIpc) is 2.47. The summed E-state index contributed by atoms with van der Waals surface area (Å²) in [7, 11) is -1.47. The van der Waals surface area contributed by atoms with Crippen molar-refractivity contribution in [2.24, 2.45) is 0 Å². The van der Waals surface area contributed by atoms with E-state index < -0.39 is 10.0 Å². The molecular formula is C17H27N3O3S. The molecule has 1 aliphatic heterocycles. The number of carbonyl (C=O) groups excluding carboxylic acids is 1. The second-order valence-corrected chi connectivity index (χ2v) is 8.61. The number of benzene rings is 1. The van der Waals surface area contributed by atoms with Gasteiger partial charge in [0.1, 0.15) is 6.54 Å². The monoisotopic (exact) mass is 353 g/mol. The zero-order valence-corrected chi connectivity index (χ0v) is 15.7. The fraction of sp³-hybridized carbons (Fsp3) is 0.588. The van der Waals surface area contributed by atoms with Crippen molar-refractivity contribution in [1.82, 2.24) is 10.2 Å². The molecule has 1 amide bonds. The second kappa shape index (κ2) is 7.53. The number of sulfonamides is 1. The van der Waals surface area contributed by atoms with E-state index in [1.54, 1.807) is 6.07 Å². The van der Waals surface area contributed by atoms with Crippen molar-refractivity contribution < 1.29 is 13.2 Å². The highest BCUT2D eigenvalue weighted by Crippen LogP contribution is 2.23. The number of carbonyl (C=O) groups is 1. The van der Waals surface area contributed by atoms with Gasteiger partial charge < -0.3 is 10.2 Å². The van der Waals surface area contributed by atoms with E-state index in [0.717, 1.165) is 43.3 Å². The Hall–Kier alpha value is -1.60. The fourth-order valence-electron chi connectivity index (χ4n) is 3.02. The number of anilines is 1. The van der Waals surface area contributed by atoms with Gasteiger partial charge in [0.05, 0.1) is 11.9 Å². The van der Waals surface area contributed by atoms with E-state index in [1.807, 2.05) is 26.0 Å². The Balaban J connectivity index is 2.10. The molecular weight excluding hydrogens is 326 g/mol. The van der Waals surface area contributed by atoms with Crippen molar-refractivity contribution >= 4 is 21.6 Å². The zero-order valence-electron chi connectivity index (χ0n) is 14.9. The summed E-state index contributed by atoms with van der Waals surface area (Å²) in [6.07, 6.45) is 2.92. The normalized spacial score (nSPS) is 16.8. The lowest BCUT2D eigenvalue weighted by Gasteiger charge is -2.30. The maximum atomic E-state index is 12.4. The molecule has 0 radical (unpaired) electrons. The van der Waals surface area contributed by atoms with Gasteiger partial charge in [0, 0.05) is 6.04 Å². The number of amides is 1. The fourth-order valence-corrected chi connectivity index (χ4v) is 3.94. The first kappa shape index (κ1) is 18.7. The maximum Gasteiger partial charge on any atom is 0.240 e. The summed E-state index contributed by atoms with van der Waals surface area (Å²) < 4.78 is 25.5. The largest absolute Gasteiger partial charge is 0.352 e. The summed E-state index contributed by atoms with van der Waals surface area (Å²) in [5.74, 6) is -0.255. The van der Waals surface area contributed by atoms with Crippen LogP contribution in [-0.4, -0.2) is 58.2 Å². The third-order valence-corrected chi connectivity index (χ3v) is 5.52. The summed E-state index contributed by atoms with van der Waals surface area (Å²) in [5.41, 5.74) is 2.45. The van der Waals surface area contributed by atoms with Crippen LogP contribution in [0.25, 0.3) is 0 Å². The van der Waals surface area contributed by atoms with Gasteiger partial charge >= 0.3 is 0 Å². The Morgan fingerprint density at radius 3 is 2.46 bits per heavy atom. The van der Waals surface area contributed by atoms with E-state index in [9.17, 15) is 13.2 Å². The Morgan fingerprint density at radius 2 is 1.92 bits per heavy atom. The molecule has 1 aromatic carbocycles. The van der Waals surface area contributed by atoms with Crippen LogP contribution in [0.5, 0.6) is 0 Å². The predicted molar refractivity (Wildman–Crippen MR) is 96.8 cm³/mol. The van der Waals surface area contributed by atoms with Crippen LogP contribution in [0.1, 0.15) is 24.0 Å². The summed E-state index contributed by atoms with van der Waals surface area (Å²) in [6, 6.07) is 5.65. The highest BCUT2D eigenvalue weighted by Gasteiger charge is 2.24. The molecule has 2 rings (SSSR count). The lowest BCUT2D eigenvalue weighted by atomic mass is 10.1. The molecule has 0 unspecified atom stereocenters. The molecule has 134 valence electrons. The van der Waals surface area contributed by atoms with Gasteiger partial charge in [0.15, 0.2) is 0 Å². The Labute approximate surface area is 144 Å². The van der Waals surface area contributed by atoms with Crippen LogP contribution >= 0.6 is 0 Å². The molecule has 0 aromatic heterocycles. The van der Waals surface area contributed by atoms with Crippen molar-refractivity contribution in [3.8, 4) is 0 Å².